The molecule has 2 rings (SSSR count). The molecular formula is C18H28N4O4S. The minimum absolute atomic E-state index is 0.0596. The minimum Gasteiger partial charge on any atom is -0.355 e. The number of carbonyl (C=O) groups is 2. The van der Waals surface area contributed by atoms with Crippen molar-refractivity contribution in [3.05, 3.63) is 23.8 Å². The molecule has 8 nitrogen and oxygen atoms in total. The second kappa shape index (κ2) is 9.29. The van der Waals surface area contributed by atoms with E-state index < -0.39 is 10.0 Å². The molecule has 0 unspecified atom stereocenters. The zero-order chi connectivity index (χ0) is 20.0. The summed E-state index contributed by atoms with van der Waals surface area (Å²) in [6, 6.07) is 4.71. The molecule has 0 bridgehead atoms. The van der Waals surface area contributed by atoms with Crippen LogP contribution in [0.1, 0.15) is 25.3 Å². The molecule has 2 amide bonds. The highest BCUT2D eigenvalue weighted by molar-refractivity contribution is 7.89. The van der Waals surface area contributed by atoms with Crippen LogP contribution in [-0.4, -0.2) is 65.4 Å². The number of amides is 2. The molecule has 9 heteroatoms. The molecule has 2 N–H and O–H groups in total. The lowest BCUT2D eigenvalue weighted by Crippen LogP contribution is -2.38. The zero-order valence-electron chi connectivity index (χ0n) is 16.1. The zero-order valence-corrected chi connectivity index (χ0v) is 16.9. The van der Waals surface area contributed by atoms with Crippen LogP contribution in [0, 0.1) is 0 Å². The Morgan fingerprint density at radius 2 is 2.00 bits per heavy atom. The van der Waals surface area contributed by atoms with Crippen LogP contribution >= 0.6 is 0 Å². The van der Waals surface area contributed by atoms with E-state index >= 15 is 0 Å². The largest absolute Gasteiger partial charge is 0.355 e. The molecule has 1 aliphatic rings. The Labute approximate surface area is 161 Å². The van der Waals surface area contributed by atoms with Crippen molar-refractivity contribution < 1.29 is 18.0 Å². The topological polar surface area (TPSA) is 98.8 Å². The fourth-order valence-electron chi connectivity index (χ4n) is 3.00. The van der Waals surface area contributed by atoms with Gasteiger partial charge in [-0.05, 0) is 63.7 Å². The Bertz CT molecular complexity index is 793. The molecule has 1 aromatic carbocycles. The molecule has 1 aliphatic heterocycles. The van der Waals surface area contributed by atoms with Gasteiger partial charge in [-0.15, -0.1) is 0 Å². The Morgan fingerprint density at radius 3 is 2.67 bits per heavy atom. The van der Waals surface area contributed by atoms with Crippen LogP contribution in [0.25, 0.3) is 0 Å². The van der Waals surface area contributed by atoms with E-state index in [1.807, 2.05) is 19.0 Å². The van der Waals surface area contributed by atoms with E-state index in [9.17, 15) is 18.0 Å². The number of benzene rings is 1. The predicted molar refractivity (Wildman–Crippen MR) is 104 cm³/mol. The third-order valence-electron chi connectivity index (χ3n) is 4.39. The SMILES string of the molecule is CC(=O)N1CCCc2cc(S(=O)(=O)NCC(=O)NCCCN(C)C)ccc21. The van der Waals surface area contributed by atoms with Crippen molar-refractivity contribution in [1.29, 1.82) is 0 Å². The summed E-state index contributed by atoms with van der Waals surface area (Å²) in [5, 5.41) is 2.69. The van der Waals surface area contributed by atoms with E-state index in [4.69, 9.17) is 0 Å². The van der Waals surface area contributed by atoms with E-state index in [0.29, 0.717) is 13.1 Å². The molecule has 0 spiro atoms. The molecule has 0 saturated carbocycles. The van der Waals surface area contributed by atoms with Gasteiger partial charge in [-0.2, -0.15) is 0 Å². The van der Waals surface area contributed by atoms with Gasteiger partial charge >= 0.3 is 0 Å². The number of hydrogen-bond donors (Lipinski definition) is 2. The minimum atomic E-state index is -3.79. The smallest absolute Gasteiger partial charge is 0.241 e. The van der Waals surface area contributed by atoms with Gasteiger partial charge in [-0.1, -0.05) is 0 Å². The monoisotopic (exact) mass is 396 g/mol. The highest BCUT2D eigenvalue weighted by atomic mass is 32.2. The molecule has 1 heterocycles. The van der Waals surface area contributed by atoms with Crippen molar-refractivity contribution in [2.75, 3.05) is 45.2 Å². The summed E-state index contributed by atoms with van der Waals surface area (Å²) < 4.78 is 27.3. The first kappa shape index (κ1) is 21.3. The number of carbonyl (C=O) groups excluding carboxylic acids is 2. The van der Waals surface area contributed by atoms with Crippen molar-refractivity contribution in [2.45, 2.75) is 31.1 Å². The van der Waals surface area contributed by atoms with Gasteiger partial charge in [0.1, 0.15) is 0 Å². The number of nitrogens with one attached hydrogen (secondary N) is 2. The van der Waals surface area contributed by atoms with Gasteiger partial charge in [0.2, 0.25) is 21.8 Å². The first-order valence-electron chi connectivity index (χ1n) is 9.03. The molecule has 0 radical (unpaired) electrons. The fraction of sp³-hybridized carbons (Fsp3) is 0.556. The van der Waals surface area contributed by atoms with E-state index in [2.05, 4.69) is 10.0 Å². The number of anilines is 1. The molecule has 0 aromatic heterocycles. The summed E-state index contributed by atoms with van der Waals surface area (Å²) in [4.78, 5) is 27.3. The summed E-state index contributed by atoms with van der Waals surface area (Å²) >= 11 is 0. The molecule has 0 atom stereocenters. The van der Waals surface area contributed by atoms with Crippen LogP contribution in [-0.2, 0) is 26.0 Å². The van der Waals surface area contributed by atoms with Gasteiger partial charge in [0, 0.05) is 25.7 Å². The Balaban J connectivity index is 1.97. The first-order valence-corrected chi connectivity index (χ1v) is 10.5. The van der Waals surface area contributed by atoms with Gasteiger partial charge < -0.3 is 15.1 Å². The van der Waals surface area contributed by atoms with Crippen molar-refractivity contribution in [3.8, 4) is 0 Å². The average molecular weight is 397 g/mol. The average Bonchev–Trinajstić information content (AvgIpc) is 2.62. The lowest BCUT2D eigenvalue weighted by molar-refractivity contribution is -0.120. The van der Waals surface area contributed by atoms with E-state index in [-0.39, 0.29) is 23.3 Å². The second-order valence-electron chi connectivity index (χ2n) is 6.90. The summed E-state index contributed by atoms with van der Waals surface area (Å²) in [7, 11) is 0.104. The quantitative estimate of drug-likeness (QED) is 0.617. The number of hydrogen-bond acceptors (Lipinski definition) is 5. The summed E-state index contributed by atoms with van der Waals surface area (Å²) in [5.41, 5.74) is 1.58. The first-order chi connectivity index (χ1) is 12.7. The fourth-order valence-corrected chi connectivity index (χ4v) is 4.03. The van der Waals surface area contributed by atoms with Crippen LogP contribution in [0.15, 0.2) is 23.1 Å². The van der Waals surface area contributed by atoms with Crippen LogP contribution < -0.4 is 14.9 Å². The standard InChI is InChI=1S/C18H28N4O4S/c1-14(23)22-11-4-6-15-12-16(7-8-17(15)22)27(25,26)20-13-18(24)19-9-5-10-21(2)3/h7-8,12,20H,4-6,9-11,13H2,1-3H3,(H,19,24). The third-order valence-corrected chi connectivity index (χ3v) is 5.79. The lowest BCUT2D eigenvalue weighted by atomic mass is 10.0. The van der Waals surface area contributed by atoms with Crippen LogP contribution in [0.3, 0.4) is 0 Å². The molecule has 0 saturated heterocycles. The van der Waals surface area contributed by atoms with E-state index in [0.717, 1.165) is 37.1 Å². The van der Waals surface area contributed by atoms with E-state index in [1.165, 1.54) is 13.0 Å². The predicted octanol–water partition coefficient (Wildman–Crippen LogP) is 0.332. The van der Waals surface area contributed by atoms with Crippen molar-refractivity contribution in [1.82, 2.24) is 14.9 Å². The van der Waals surface area contributed by atoms with Crippen LogP contribution in [0.5, 0.6) is 0 Å². The molecule has 27 heavy (non-hydrogen) atoms. The lowest BCUT2D eigenvalue weighted by Gasteiger charge is -2.28. The van der Waals surface area contributed by atoms with Gasteiger partial charge in [0.25, 0.3) is 0 Å². The Morgan fingerprint density at radius 1 is 1.26 bits per heavy atom. The van der Waals surface area contributed by atoms with Crippen LogP contribution in [0.4, 0.5) is 5.69 Å². The van der Waals surface area contributed by atoms with Gasteiger partial charge in [-0.3, -0.25) is 9.59 Å². The highest BCUT2D eigenvalue weighted by Gasteiger charge is 2.23. The normalized spacial score (nSPS) is 14.1. The maximum Gasteiger partial charge on any atom is 0.241 e. The third kappa shape index (κ3) is 6.02. The molecule has 0 fully saturated rings. The summed E-state index contributed by atoms with van der Waals surface area (Å²) in [5.74, 6) is -0.423. The molecule has 150 valence electrons. The number of nitrogens with zero attached hydrogens (tertiary/aromatic N) is 2. The number of sulfonamides is 1. The van der Waals surface area contributed by atoms with Gasteiger partial charge in [-0.25, -0.2) is 13.1 Å². The Hall–Kier alpha value is -1.97. The molecular weight excluding hydrogens is 368 g/mol. The summed E-state index contributed by atoms with van der Waals surface area (Å²) in [6.07, 6.45) is 2.30. The molecule has 0 aliphatic carbocycles. The van der Waals surface area contributed by atoms with Crippen molar-refractivity contribution >= 4 is 27.5 Å². The van der Waals surface area contributed by atoms with E-state index in [1.54, 1.807) is 17.0 Å². The Kier molecular flexibility index (Phi) is 7.34. The number of fused-ring (bicyclic) bond motifs is 1. The number of rotatable bonds is 8. The number of aryl methyl sites for hydroxylation is 1. The van der Waals surface area contributed by atoms with Crippen LogP contribution in [0.2, 0.25) is 0 Å². The summed E-state index contributed by atoms with van der Waals surface area (Å²) in [6.45, 7) is 3.18. The van der Waals surface area contributed by atoms with Gasteiger partial charge in [0.15, 0.2) is 0 Å². The maximum absolute atomic E-state index is 12.5. The second-order valence-corrected chi connectivity index (χ2v) is 8.66. The van der Waals surface area contributed by atoms with Gasteiger partial charge in [0.05, 0.1) is 11.4 Å². The van der Waals surface area contributed by atoms with Crippen molar-refractivity contribution in [3.63, 3.8) is 0 Å². The van der Waals surface area contributed by atoms with Crippen molar-refractivity contribution in [2.24, 2.45) is 0 Å². The molecule has 1 aromatic rings. The maximum atomic E-state index is 12.5. The highest BCUT2D eigenvalue weighted by Crippen LogP contribution is 2.29.